The van der Waals surface area contributed by atoms with Gasteiger partial charge in [0.05, 0.1) is 0 Å². The molecule has 4 rings (SSSR count). The zero-order valence-electron chi connectivity index (χ0n) is 12.2. The van der Waals surface area contributed by atoms with Crippen molar-refractivity contribution in [3.05, 3.63) is 11.9 Å². The number of hydrogen-bond donors (Lipinski definition) is 2. The molecular weight excluding hydrogens is 248 g/mol. The lowest BCUT2D eigenvalue weighted by Crippen LogP contribution is -2.30. The van der Waals surface area contributed by atoms with Gasteiger partial charge in [0, 0.05) is 18.0 Å². The van der Waals surface area contributed by atoms with Crippen molar-refractivity contribution in [2.75, 3.05) is 11.1 Å². The molecule has 0 spiro atoms. The highest BCUT2D eigenvalue weighted by Crippen LogP contribution is 2.49. The smallest absolute Gasteiger partial charge is 0.136 e. The topological polar surface area (TPSA) is 63.8 Å². The van der Waals surface area contributed by atoms with Crippen molar-refractivity contribution in [3.63, 3.8) is 0 Å². The van der Waals surface area contributed by atoms with Crippen LogP contribution >= 0.6 is 0 Å². The van der Waals surface area contributed by atoms with E-state index in [-0.39, 0.29) is 0 Å². The van der Waals surface area contributed by atoms with Crippen molar-refractivity contribution in [2.24, 2.45) is 17.8 Å². The summed E-state index contributed by atoms with van der Waals surface area (Å²) in [5, 5.41) is 3.60. The molecule has 1 aromatic heterocycles. The van der Waals surface area contributed by atoms with E-state index in [1.165, 1.54) is 38.5 Å². The standard InChI is InChI=1S/C16H24N4/c1-9(13-7-10-2-3-12(13)6-10)18-15-8-14(17)19-16(20-15)11-4-5-11/h8-13H,2-7H2,1H3,(H3,17,18,19,20). The summed E-state index contributed by atoms with van der Waals surface area (Å²) < 4.78 is 0. The summed E-state index contributed by atoms with van der Waals surface area (Å²) in [5.41, 5.74) is 5.92. The number of hydrogen-bond acceptors (Lipinski definition) is 4. The Bertz CT molecular complexity index is 511. The first-order valence-electron chi connectivity index (χ1n) is 8.10. The maximum absolute atomic E-state index is 5.92. The number of fused-ring (bicyclic) bond motifs is 2. The molecule has 0 saturated heterocycles. The van der Waals surface area contributed by atoms with Crippen LogP contribution in [0.5, 0.6) is 0 Å². The molecular formula is C16H24N4. The summed E-state index contributed by atoms with van der Waals surface area (Å²) in [5.74, 6) is 5.76. The zero-order valence-corrected chi connectivity index (χ0v) is 12.2. The van der Waals surface area contributed by atoms with Gasteiger partial charge in [0.1, 0.15) is 17.5 Å². The van der Waals surface area contributed by atoms with Crippen molar-refractivity contribution in [3.8, 4) is 0 Å². The van der Waals surface area contributed by atoms with Gasteiger partial charge in [-0.2, -0.15) is 0 Å². The van der Waals surface area contributed by atoms with Crippen molar-refractivity contribution in [2.45, 2.75) is 57.4 Å². The van der Waals surface area contributed by atoms with E-state index in [4.69, 9.17) is 5.73 Å². The molecule has 4 nitrogen and oxygen atoms in total. The summed E-state index contributed by atoms with van der Waals surface area (Å²) in [7, 11) is 0. The second-order valence-corrected chi connectivity index (χ2v) is 7.08. The first-order valence-corrected chi connectivity index (χ1v) is 8.10. The molecule has 0 aromatic carbocycles. The van der Waals surface area contributed by atoms with E-state index in [1.54, 1.807) is 0 Å². The van der Waals surface area contributed by atoms with Gasteiger partial charge in [-0.1, -0.05) is 6.42 Å². The van der Waals surface area contributed by atoms with E-state index < -0.39 is 0 Å². The van der Waals surface area contributed by atoms with Crippen LogP contribution in [-0.4, -0.2) is 16.0 Å². The Kier molecular flexibility index (Phi) is 2.86. The maximum atomic E-state index is 5.92. The molecule has 3 aliphatic carbocycles. The van der Waals surface area contributed by atoms with Gasteiger partial charge in [0.2, 0.25) is 0 Å². The third-order valence-corrected chi connectivity index (χ3v) is 5.52. The van der Waals surface area contributed by atoms with E-state index in [0.717, 1.165) is 29.4 Å². The van der Waals surface area contributed by atoms with Crippen LogP contribution < -0.4 is 11.1 Å². The quantitative estimate of drug-likeness (QED) is 0.883. The van der Waals surface area contributed by atoms with Crippen LogP contribution in [0.3, 0.4) is 0 Å². The van der Waals surface area contributed by atoms with Crippen LogP contribution in [0.25, 0.3) is 0 Å². The number of anilines is 2. The Hall–Kier alpha value is -1.32. The van der Waals surface area contributed by atoms with E-state index in [2.05, 4.69) is 22.2 Å². The molecule has 3 N–H and O–H groups in total. The Morgan fingerprint density at radius 3 is 2.70 bits per heavy atom. The molecule has 1 aromatic rings. The van der Waals surface area contributed by atoms with Gasteiger partial charge >= 0.3 is 0 Å². The van der Waals surface area contributed by atoms with E-state index in [9.17, 15) is 0 Å². The summed E-state index contributed by atoms with van der Waals surface area (Å²) in [6.07, 6.45) is 8.17. The first-order chi connectivity index (χ1) is 9.69. The van der Waals surface area contributed by atoms with Gasteiger partial charge < -0.3 is 11.1 Å². The second-order valence-electron chi connectivity index (χ2n) is 7.08. The number of aromatic nitrogens is 2. The molecule has 3 fully saturated rings. The molecule has 4 heteroatoms. The monoisotopic (exact) mass is 272 g/mol. The van der Waals surface area contributed by atoms with Crippen molar-refractivity contribution < 1.29 is 0 Å². The Morgan fingerprint density at radius 1 is 1.20 bits per heavy atom. The number of nitrogen functional groups attached to an aromatic ring is 1. The van der Waals surface area contributed by atoms with Gasteiger partial charge in [0.25, 0.3) is 0 Å². The molecule has 3 aliphatic rings. The van der Waals surface area contributed by atoms with Crippen LogP contribution in [0.1, 0.15) is 57.2 Å². The van der Waals surface area contributed by atoms with Gasteiger partial charge in [-0.3, -0.25) is 0 Å². The average Bonchev–Trinajstić information content (AvgIpc) is 3.06. The fourth-order valence-electron chi connectivity index (χ4n) is 4.33. The summed E-state index contributed by atoms with van der Waals surface area (Å²) >= 11 is 0. The SMILES string of the molecule is CC(Nc1cc(N)nc(C2CC2)n1)C1CC2CCC1C2. The number of nitrogens with zero attached hydrogens (tertiary/aromatic N) is 2. The predicted octanol–water partition coefficient (Wildman–Crippen LogP) is 3.17. The molecule has 2 bridgehead atoms. The minimum atomic E-state index is 0.492. The van der Waals surface area contributed by atoms with Crippen molar-refractivity contribution >= 4 is 11.6 Å². The fraction of sp³-hybridized carbons (Fsp3) is 0.750. The highest BCUT2D eigenvalue weighted by Gasteiger charge is 2.41. The molecule has 0 amide bonds. The Morgan fingerprint density at radius 2 is 2.05 bits per heavy atom. The third kappa shape index (κ3) is 2.25. The number of nitrogens with one attached hydrogen (secondary N) is 1. The van der Waals surface area contributed by atoms with E-state index in [0.29, 0.717) is 17.8 Å². The molecule has 20 heavy (non-hydrogen) atoms. The fourth-order valence-corrected chi connectivity index (χ4v) is 4.33. The van der Waals surface area contributed by atoms with Gasteiger partial charge in [-0.05, 0) is 56.8 Å². The average molecular weight is 272 g/mol. The molecule has 4 atom stereocenters. The van der Waals surface area contributed by atoms with Crippen LogP contribution in [0.15, 0.2) is 6.07 Å². The second kappa shape index (κ2) is 4.61. The van der Waals surface area contributed by atoms with E-state index >= 15 is 0 Å². The normalized spacial score (nSPS) is 33.4. The summed E-state index contributed by atoms with van der Waals surface area (Å²) in [6.45, 7) is 2.31. The lowest BCUT2D eigenvalue weighted by atomic mass is 9.84. The largest absolute Gasteiger partial charge is 0.384 e. The van der Waals surface area contributed by atoms with Gasteiger partial charge in [-0.15, -0.1) is 0 Å². The molecule has 0 radical (unpaired) electrons. The lowest BCUT2D eigenvalue weighted by molar-refractivity contribution is 0.304. The zero-order chi connectivity index (χ0) is 13.7. The molecule has 1 heterocycles. The third-order valence-electron chi connectivity index (χ3n) is 5.52. The van der Waals surface area contributed by atoms with Crippen molar-refractivity contribution in [1.29, 1.82) is 0 Å². The van der Waals surface area contributed by atoms with Crippen LogP contribution in [0.4, 0.5) is 11.6 Å². The number of rotatable bonds is 4. The highest BCUT2D eigenvalue weighted by molar-refractivity contribution is 5.46. The highest BCUT2D eigenvalue weighted by atomic mass is 15.1. The molecule has 108 valence electrons. The Labute approximate surface area is 120 Å². The van der Waals surface area contributed by atoms with Crippen LogP contribution in [0.2, 0.25) is 0 Å². The maximum Gasteiger partial charge on any atom is 0.136 e. The van der Waals surface area contributed by atoms with Crippen LogP contribution in [0, 0.1) is 17.8 Å². The Balaban J connectivity index is 1.48. The van der Waals surface area contributed by atoms with Crippen LogP contribution in [-0.2, 0) is 0 Å². The number of nitrogens with two attached hydrogens (primary N) is 1. The van der Waals surface area contributed by atoms with Gasteiger partial charge in [0.15, 0.2) is 0 Å². The summed E-state index contributed by atoms with van der Waals surface area (Å²) in [4.78, 5) is 9.03. The minimum Gasteiger partial charge on any atom is -0.384 e. The minimum absolute atomic E-state index is 0.492. The molecule has 3 saturated carbocycles. The van der Waals surface area contributed by atoms with Gasteiger partial charge in [-0.25, -0.2) is 9.97 Å². The molecule has 0 aliphatic heterocycles. The summed E-state index contributed by atoms with van der Waals surface area (Å²) in [6, 6.07) is 2.38. The van der Waals surface area contributed by atoms with E-state index in [1.807, 2.05) is 6.07 Å². The lowest BCUT2D eigenvalue weighted by Gasteiger charge is -2.29. The first kappa shape index (κ1) is 12.4. The molecule has 4 unspecified atom stereocenters. The van der Waals surface area contributed by atoms with Crippen molar-refractivity contribution in [1.82, 2.24) is 9.97 Å². The predicted molar refractivity (Wildman–Crippen MR) is 80.4 cm³/mol.